The third-order valence-corrected chi connectivity index (χ3v) is 2.76. The Labute approximate surface area is 80.1 Å². The van der Waals surface area contributed by atoms with Gasteiger partial charge in [-0.05, 0) is 19.3 Å². The molecule has 1 rings (SSSR count). The number of rotatable bonds is 3. The van der Waals surface area contributed by atoms with Crippen molar-refractivity contribution < 1.29 is 0 Å². The van der Waals surface area contributed by atoms with Crippen molar-refractivity contribution in [3.63, 3.8) is 0 Å². The Kier molecular flexibility index (Phi) is 3.47. The summed E-state index contributed by atoms with van der Waals surface area (Å²) in [7, 11) is 0. The fourth-order valence-corrected chi connectivity index (χ4v) is 2.04. The van der Waals surface area contributed by atoms with Crippen molar-refractivity contribution in [2.24, 2.45) is 11.7 Å². The maximum absolute atomic E-state index is 5.46. The quantitative estimate of drug-likeness (QED) is 0.675. The minimum absolute atomic E-state index is 0.641. The van der Waals surface area contributed by atoms with Crippen LogP contribution in [0.15, 0.2) is 0 Å². The van der Waals surface area contributed by atoms with E-state index in [9.17, 15) is 0 Å². The molecule has 1 saturated heterocycles. The van der Waals surface area contributed by atoms with Crippen molar-refractivity contribution in [2.45, 2.75) is 32.7 Å². The van der Waals surface area contributed by atoms with E-state index in [0.717, 1.165) is 18.9 Å². The average molecular weight is 186 g/mol. The van der Waals surface area contributed by atoms with Gasteiger partial charge in [0.1, 0.15) is 0 Å². The second-order valence-corrected chi connectivity index (χ2v) is 4.43. The van der Waals surface area contributed by atoms with Crippen molar-refractivity contribution in [1.29, 1.82) is 0 Å². The Balaban J connectivity index is 2.28. The summed E-state index contributed by atoms with van der Waals surface area (Å²) in [5.74, 6) is 0.839. The molecule has 0 aromatic heterocycles. The summed E-state index contributed by atoms with van der Waals surface area (Å²) in [6.07, 6.45) is 2.18. The van der Waals surface area contributed by atoms with E-state index in [1.165, 1.54) is 13.0 Å². The Hall–Kier alpha value is -0.150. The second-order valence-electron chi connectivity index (χ2n) is 3.90. The van der Waals surface area contributed by atoms with Crippen LogP contribution in [0.1, 0.15) is 26.7 Å². The highest BCUT2D eigenvalue weighted by atomic mass is 32.1. The van der Waals surface area contributed by atoms with Crippen molar-refractivity contribution in [3.05, 3.63) is 0 Å². The maximum Gasteiger partial charge on any atom is 0.0740 e. The summed E-state index contributed by atoms with van der Waals surface area (Å²) in [5, 5.41) is 0. The van der Waals surface area contributed by atoms with Crippen LogP contribution in [0.3, 0.4) is 0 Å². The molecule has 2 nitrogen and oxygen atoms in total. The minimum atomic E-state index is 0.641. The molecule has 0 aromatic carbocycles. The minimum Gasteiger partial charge on any atom is -0.393 e. The molecule has 0 amide bonds. The summed E-state index contributed by atoms with van der Waals surface area (Å²) >= 11 is 4.85. The molecule has 12 heavy (non-hydrogen) atoms. The number of hydrogen-bond acceptors (Lipinski definition) is 2. The molecular formula is C9H18N2S. The van der Waals surface area contributed by atoms with Gasteiger partial charge in [0.25, 0.3) is 0 Å². The molecule has 0 spiro atoms. The largest absolute Gasteiger partial charge is 0.393 e. The molecule has 3 heteroatoms. The molecule has 1 aliphatic heterocycles. The first-order valence-corrected chi connectivity index (χ1v) is 5.02. The lowest BCUT2D eigenvalue weighted by atomic mass is 10.1. The molecule has 0 bridgehead atoms. The van der Waals surface area contributed by atoms with Gasteiger partial charge in [-0.25, -0.2) is 0 Å². The molecular weight excluding hydrogens is 168 g/mol. The predicted molar refractivity (Wildman–Crippen MR) is 56.2 cm³/mol. The molecule has 2 unspecified atom stereocenters. The first kappa shape index (κ1) is 9.93. The average Bonchev–Trinajstić information content (AvgIpc) is 2.26. The highest BCUT2D eigenvalue weighted by molar-refractivity contribution is 7.80. The molecule has 1 fully saturated rings. The zero-order valence-electron chi connectivity index (χ0n) is 7.92. The lowest BCUT2D eigenvalue weighted by molar-refractivity contribution is 0.273. The topological polar surface area (TPSA) is 29.3 Å². The lowest BCUT2D eigenvalue weighted by Crippen LogP contribution is -2.30. The summed E-state index contributed by atoms with van der Waals surface area (Å²) in [5.41, 5.74) is 5.46. The fraction of sp³-hybridized carbons (Fsp3) is 0.889. The Bertz CT molecular complexity index is 170. The van der Waals surface area contributed by atoms with Gasteiger partial charge in [-0.1, -0.05) is 19.1 Å². The van der Waals surface area contributed by atoms with E-state index in [0.29, 0.717) is 11.0 Å². The number of thiocarbonyl (C=S) groups is 1. The van der Waals surface area contributed by atoms with Gasteiger partial charge < -0.3 is 5.73 Å². The van der Waals surface area contributed by atoms with Gasteiger partial charge in [-0.2, -0.15) is 0 Å². The highest BCUT2D eigenvalue weighted by Gasteiger charge is 2.25. The molecule has 0 radical (unpaired) electrons. The Morgan fingerprint density at radius 2 is 2.25 bits per heavy atom. The van der Waals surface area contributed by atoms with E-state index in [4.69, 9.17) is 18.0 Å². The Morgan fingerprint density at radius 1 is 1.58 bits per heavy atom. The van der Waals surface area contributed by atoms with Crippen molar-refractivity contribution in [2.75, 3.05) is 13.1 Å². The van der Waals surface area contributed by atoms with Crippen LogP contribution in [-0.4, -0.2) is 29.0 Å². The van der Waals surface area contributed by atoms with Gasteiger partial charge >= 0.3 is 0 Å². The summed E-state index contributed by atoms with van der Waals surface area (Å²) in [6.45, 7) is 6.84. The van der Waals surface area contributed by atoms with Crippen molar-refractivity contribution >= 4 is 17.2 Å². The van der Waals surface area contributed by atoms with Gasteiger partial charge in [0.2, 0.25) is 0 Å². The molecule has 1 aliphatic rings. The smallest absolute Gasteiger partial charge is 0.0740 e. The molecule has 1 heterocycles. The number of likely N-dealkylation sites (tertiary alicyclic amines) is 1. The second kappa shape index (κ2) is 4.19. The lowest BCUT2D eigenvalue weighted by Gasteiger charge is -2.20. The van der Waals surface area contributed by atoms with E-state index >= 15 is 0 Å². The van der Waals surface area contributed by atoms with Gasteiger partial charge in [0.05, 0.1) is 4.99 Å². The standard InChI is InChI=1S/C9H18N2S/c1-7-5-8(2)11(6-7)4-3-9(10)12/h7-8H,3-6H2,1-2H3,(H2,10,12). The van der Waals surface area contributed by atoms with Gasteiger partial charge in [-0.15, -0.1) is 0 Å². The van der Waals surface area contributed by atoms with Gasteiger partial charge in [-0.3, -0.25) is 4.90 Å². The van der Waals surface area contributed by atoms with Crippen LogP contribution < -0.4 is 5.73 Å². The van der Waals surface area contributed by atoms with E-state index in [2.05, 4.69) is 18.7 Å². The fourth-order valence-electron chi connectivity index (χ4n) is 1.95. The van der Waals surface area contributed by atoms with E-state index in [-0.39, 0.29) is 0 Å². The molecule has 0 aromatic rings. The molecule has 0 aliphatic carbocycles. The highest BCUT2D eigenvalue weighted by Crippen LogP contribution is 2.21. The number of hydrogen-bond donors (Lipinski definition) is 1. The maximum atomic E-state index is 5.46. The molecule has 2 atom stereocenters. The summed E-state index contributed by atoms with van der Waals surface area (Å²) in [6, 6.07) is 0.717. The number of nitrogens with two attached hydrogens (primary N) is 1. The summed E-state index contributed by atoms with van der Waals surface area (Å²) in [4.78, 5) is 3.12. The predicted octanol–water partition coefficient (Wildman–Crippen LogP) is 1.39. The monoisotopic (exact) mass is 186 g/mol. The van der Waals surface area contributed by atoms with Crippen LogP contribution in [0.2, 0.25) is 0 Å². The molecule has 0 saturated carbocycles. The first-order chi connectivity index (χ1) is 5.59. The van der Waals surface area contributed by atoms with Gasteiger partial charge in [0, 0.05) is 25.6 Å². The third-order valence-electron chi connectivity index (χ3n) is 2.56. The van der Waals surface area contributed by atoms with Crippen molar-refractivity contribution in [3.8, 4) is 0 Å². The number of nitrogens with zero attached hydrogens (tertiary/aromatic N) is 1. The van der Waals surface area contributed by atoms with E-state index < -0.39 is 0 Å². The zero-order chi connectivity index (χ0) is 9.14. The van der Waals surface area contributed by atoms with E-state index in [1.54, 1.807) is 0 Å². The zero-order valence-corrected chi connectivity index (χ0v) is 8.73. The van der Waals surface area contributed by atoms with Crippen LogP contribution >= 0.6 is 12.2 Å². The Morgan fingerprint density at radius 3 is 2.67 bits per heavy atom. The third kappa shape index (κ3) is 2.72. The van der Waals surface area contributed by atoms with Crippen LogP contribution in [0, 0.1) is 5.92 Å². The van der Waals surface area contributed by atoms with E-state index in [1.807, 2.05) is 0 Å². The molecule has 70 valence electrons. The normalized spacial score (nSPS) is 30.8. The van der Waals surface area contributed by atoms with Crippen molar-refractivity contribution in [1.82, 2.24) is 4.90 Å². The first-order valence-electron chi connectivity index (χ1n) is 4.62. The summed E-state index contributed by atoms with van der Waals surface area (Å²) < 4.78 is 0. The van der Waals surface area contributed by atoms with Gasteiger partial charge in [0.15, 0.2) is 0 Å². The van der Waals surface area contributed by atoms with Crippen LogP contribution in [0.5, 0.6) is 0 Å². The van der Waals surface area contributed by atoms with Crippen LogP contribution in [-0.2, 0) is 0 Å². The molecule has 2 N–H and O–H groups in total. The van der Waals surface area contributed by atoms with Crippen LogP contribution in [0.4, 0.5) is 0 Å². The van der Waals surface area contributed by atoms with Crippen LogP contribution in [0.25, 0.3) is 0 Å². The SMILES string of the molecule is CC1CC(C)N(CCC(N)=S)C1.